The van der Waals surface area contributed by atoms with E-state index in [4.69, 9.17) is 0 Å². The Bertz CT molecular complexity index is 540. The highest BCUT2D eigenvalue weighted by atomic mass is 19.4. The van der Waals surface area contributed by atoms with Crippen molar-refractivity contribution in [3.05, 3.63) is 29.8 Å². The normalized spacial score (nSPS) is 17.6. The van der Waals surface area contributed by atoms with Crippen molar-refractivity contribution in [2.24, 2.45) is 0 Å². The maximum absolute atomic E-state index is 12.5. The second kappa shape index (κ2) is 7.85. The van der Waals surface area contributed by atoms with Gasteiger partial charge < -0.3 is 15.3 Å². The molecule has 8 heteroatoms. The summed E-state index contributed by atoms with van der Waals surface area (Å²) in [7, 11) is 0. The summed E-state index contributed by atoms with van der Waals surface area (Å²) in [4.78, 5) is 15.9. The zero-order valence-electron chi connectivity index (χ0n) is 13.5. The largest absolute Gasteiger partial charge is 0.416 e. The van der Waals surface area contributed by atoms with Gasteiger partial charge >= 0.3 is 12.2 Å². The lowest BCUT2D eigenvalue weighted by Gasteiger charge is -2.35. The average Bonchev–Trinajstić information content (AvgIpc) is 2.55. The number of hydrogen-bond donors (Lipinski definition) is 2. The Morgan fingerprint density at radius 3 is 2.29 bits per heavy atom. The van der Waals surface area contributed by atoms with E-state index in [2.05, 4.69) is 10.2 Å². The van der Waals surface area contributed by atoms with Crippen molar-refractivity contribution in [3.63, 3.8) is 0 Å². The van der Waals surface area contributed by atoms with E-state index in [9.17, 15) is 23.1 Å². The monoisotopic (exact) mass is 345 g/mol. The van der Waals surface area contributed by atoms with Gasteiger partial charge in [-0.25, -0.2) is 4.79 Å². The van der Waals surface area contributed by atoms with Gasteiger partial charge in [-0.2, -0.15) is 13.2 Å². The molecule has 1 fully saturated rings. The van der Waals surface area contributed by atoms with Crippen molar-refractivity contribution >= 4 is 11.7 Å². The Kier molecular flexibility index (Phi) is 6.06. The van der Waals surface area contributed by atoms with Crippen LogP contribution in [0.2, 0.25) is 0 Å². The minimum atomic E-state index is -4.39. The average molecular weight is 345 g/mol. The molecule has 0 bridgehead atoms. The molecule has 0 spiro atoms. The summed E-state index contributed by atoms with van der Waals surface area (Å²) in [6.07, 6.45) is -4.06. The van der Waals surface area contributed by atoms with Crippen LogP contribution < -0.4 is 5.32 Å². The van der Waals surface area contributed by atoms with Crippen LogP contribution in [0.1, 0.15) is 18.9 Å². The third-order valence-corrected chi connectivity index (χ3v) is 4.06. The summed E-state index contributed by atoms with van der Waals surface area (Å²) in [6.45, 7) is 4.87. The third kappa shape index (κ3) is 5.10. The number of urea groups is 1. The maximum atomic E-state index is 12.5. The van der Waals surface area contributed by atoms with Crippen LogP contribution in [0.5, 0.6) is 0 Å². The van der Waals surface area contributed by atoms with Crippen LogP contribution in [0.25, 0.3) is 0 Å². The number of amides is 2. The van der Waals surface area contributed by atoms with Gasteiger partial charge in [0.15, 0.2) is 0 Å². The summed E-state index contributed by atoms with van der Waals surface area (Å²) in [6, 6.07) is 4.05. The summed E-state index contributed by atoms with van der Waals surface area (Å²) in [5.74, 6) is 0. The summed E-state index contributed by atoms with van der Waals surface area (Å²) in [5.41, 5.74) is -0.416. The van der Waals surface area contributed by atoms with E-state index in [-0.39, 0.29) is 12.1 Å². The van der Waals surface area contributed by atoms with Crippen LogP contribution in [-0.2, 0) is 6.18 Å². The highest BCUT2D eigenvalue weighted by Crippen LogP contribution is 2.29. The van der Waals surface area contributed by atoms with Crippen LogP contribution in [0.3, 0.4) is 0 Å². The van der Waals surface area contributed by atoms with Crippen molar-refractivity contribution in [3.8, 4) is 0 Å². The number of nitrogens with one attached hydrogen (secondary N) is 1. The van der Waals surface area contributed by atoms with Gasteiger partial charge in [-0.05, 0) is 30.7 Å². The van der Waals surface area contributed by atoms with Crippen LogP contribution in [-0.4, -0.2) is 59.8 Å². The zero-order chi connectivity index (χ0) is 17.7. The lowest BCUT2D eigenvalue weighted by Crippen LogP contribution is -2.51. The number of benzene rings is 1. The van der Waals surface area contributed by atoms with Crippen molar-refractivity contribution < 1.29 is 23.1 Å². The number of piperazine rings is 1. The molecule has 0 aliphatic carbocycles. The van der Waals surface area contributed by atoms with Gasteiger partial charge in [0, 0.05) is 38.4 Å². The molecule has 24 heavy (non-hydrogen) atoms. The molecule has 2 N–H and O–H groups in total. The second-order valence-corrected chi connectivity index (χ2v) is 5.85. The predicted molar refractivity (Wildman–Crippen MR) is 84.8 cm³/mol. The summed E-state index contributed by atoms with van der Waals surface area (Å²) in [5, 5.41) is 12.3. The Balaban J connectivity index is 1.83. The first-order chi connectivity index (χ1) is 11.3. The standard InChI is InChI=1S/C16H22F3N3O2/c1-2-14(23)11-21-7-9-22(10-8-21)15(24)20-13-5-3-12(4-6-13)16(17,18)19/h3-6,14,23H,2,7-11H2,1H3,(H,20,24)/t14-/m1/s1. The van der Waals surface area contributed by atoms with Gasteiger partial charge in [0.1, 0.15) is 0 Å². The molecule has 1 atom stereocenters. The lowest BCUT2D eigenvalue weighted by molar-refractivity contribution is -0.137. The number of hydrogen-bond acceptors (Lipinski definition) is 3. The van der Waals surface area contributed by atoms with E-state index < -0.39 is 11.7 Å². The predicted octanol–water partition coefficient (Wildman–Crippen LogP) is 2.63. The Morgan fingerprint density at radius 2 is 1.79 bits per heavy atom. The maximum Gasteiger partial charge on any atom is 0.416 e. The van der Waals surface area contributed by atoms with Gasteiger partial charge in [0.05, 0.1) is 11.7 Å². The zero-order valence-corrected chi connectivity index (χ0v) is 13.5. The molecule has 1 heterocycles. The fraction of sp³-hybridized carbons (Fsp3) is 0.562. The van der Waals surface area contributed by atoms with Crippen molar-refractivity contribution in [1.29, 1.82) is 0 Å². The highest BCUT2D eigenvalue weighted by Gasteiger charge is 2.30. The highest BCUT2D eigenvalue weighted by molar-refractivity contribution is 5.89. The van der Waals surface area contributed by atoms with Gasteiger partial charge in [-0.15, -0.1) is 0 Å². The van der Waals surface area contributed by atoms with Gasteiger partial charge in [0.25, 0.3) is 0 Å². The first kappa shape index (κ1) is 18.5. The number of aliphatic hydroxyl groups excluding tert-OH is 1. The molecule has 0 saturated carbocycles. The van der Waals surface area contributed by atoms with E-state index in [1.807, 2.05) is 6.92 Å². The minimum absolute atomic E-state index is 0.328. The van der Waals surface area contributed by atoms with Gasteiger partial charge in [0.2, 0.25) is 0 Å². The lowest BCUT2D eigenvalue weighted by atomic mass is 10.2. The minimum Gasteiger partial charge on any atom is -0.392 e. The number of carbonyl (C=O) groups is 1. The molecule has 2 rings (SSSR count). The number of halogens is 3. The quantitative estimate of drug-likeness (QED) is 0.882. The van der Waals surface area contributed by atoms with E-state index in [1.54, 1.807) is 4.90 Å². The number of aliphatic hydroxyl groups is 1. The molecule has 1 aliphatic rings. The molecule has 0 unspecified atom stereocenters. The fourth-order valence-corrected chi connectivity index (χ4v) is 2.51. The van der Waals surface area contributed by atoms with Crippen molar-refractivity contribution in [2.75, 3.05) is 38.0 Å². The molecule has 1 aliphatic heterocycles. The molecule has 134 valence electrons. The third-order valence-electron chi connectivity index (χ3n) is 4.06. The first-order valence-corrected chi connectivity index (χ1v) is 7.93. The van der Waals surface area contributed by atoms with E-state index >= 15 is 0 Å². The molecule has 5 nitrogen and oxygen atoms in total. The molecule has 1 saturated heterocycles. The number of carbonyl (C=O) groups excluding carboxylic acids is 1. The molecular weight excluding hydrogens is 323 g/mol. The molecule has 1 aromatic carbocycles. The molecular formula is C16H22F3N3O2. The molecule has 1 aromatic rings. The number of β-amino-alcohol motifs (C(OH)–C–C–N with tert-alkyl or cyclic N) is 1. The van der Waals surface area contributed by atoms with E-state index in [0.29, 0.717) is 44.8 Å². The topological polar surface area (TPSA) is 55.8 Å². The fourth-order valence-electron chi connectivity index (χ4n) is 2.51. The van der Waals surface area contributed by atoms with Crippen LogP contribution in [0, 0.1) is 0 Å². The molecule has 2 amide bonds. The number of alkyl halides is 3. The van der Waals surface area contributed by atoms with Crippen LogP contribution >= 0.6 is 0 Å². The summed E-state index contributed by atoms with van der Waals surface area (Å²) >= 11 is 0. The van der Waals surface area contributed by atoms with E-state index in [0.717, 1.165) is 12.1 Å². The SMILES string of the molecule is CC[C@@H](O)CN1CCN(C(=O)Nc2ccc(C(F)(F)F)cc2)CC1. The van der Waals surface area contributed by atoms with Gasteiger partial charge in [-0.3, -0.25) is 4.90 Å². The summed E-state index contributed by atoms with van der Waals surface area (Å²) < 4.78 is 37.5. The Labute approximate surface area is 139 Å². The first-order valence-electron chi connectivity index (χ1n) is 7.93. The van der Waals surface area contributed by atoms with Crippen LogP contribution in [0.15, 0.2) is 24.3 Å². The number of nitrogens with zero attached hydrogens (tertiary/aromatic N) is 2. The number of rotatable bonds is 4. The van der Waals surface area contributed by atoms with Crippen molar-refractivity contribution in [1.82, 2.24) is 9.80 Å². The molecule has 0 radical (unpaired) electrons. The second-order valence-electron chi connectivity index (χ2n) is 5.85. The van der Waals surface area contributed by atoms with E-state index in [1.165, 1.54) is 12.1 Å². The molecule has 0 aromatic heterocycles. The Hall–Kier alpha value is -1.80. The Morgan fingerprint density at radius 1 is 1.21 bits per heavy atom. The van der Waals surface area contributed by atoms with Crippen molar-refractivity contribution in [2.45, 2.75) is 25.6 Å². The smallest absolute Gasteiger partial charge is 0.392 e. The number of anilines is 1. The van der Waals surface area contributed by atoms with Crippen LogP contribution in [0.4, 0.5) is 23.7 Å². The van der Waals surface area contributed by atoms with Gasteiger partial charge in [-0.1, -0.05) is 6.92 Å².